The van der Waals surface area contributed by atoms with E-state index in [1.54, 1.807) is 11.0 Å². The average Bonchev–Trinajstić information content (AvgIpc) is 3.12. The van der Waals surface area contributed by atoms with Crippen molar-refractivity contribution in [2.24, 2.45) is 0 Å². The van der Waals surface area contributed by atoms with Gasteiger partial charge in [-0.3, -0.25) is 4.79 Å². The Morgan fingerprint density at radius 2 is 1.62 bits per heavy atom. The molecule has 1 aliphatic heterocycles. The smallest absolute Gasteiger partial charge is 0.250 e. The highest BCUT2D eigenvalue weighted by molar-refractivity contribution is 6.35. The number of hydrogen-bond acceptors (Lipinski definition) is 1. The summed E-state index contributed by atoms with van der Waals surface area (Å²) in [4.78, 5) is 15.0. The number of halogens is 5. The van der Waals surface area contributed by atoms with E-state index < -0.39 is 11.6 Å². The van der Waals surface area contributed by atoms with Gasteiger partial charge in [0.05, 0.1) is 0 Å². The first-order valence-electron chi connectivity index (χ1n) is 11.0. The summed E-state index contributed by atoms with van der Waals surface area (Å²) in [6, 6.07) is 17.0. The van der Waals surface area contributed by atoms with Gasteiger partial charge in [-0.25, -0.2) is 8.78 Å². The molecule has 3 aromatic carbocycles. The van der Waals surface area contributed by atoms with Crippen LogP contribution in [0.4, 0.5) is 8.78 Å². The second kappa shape index (κ2) is 9.33. The van der Waals surface area contributed by atoms with Gasteiger partial charge in [-0.15, -0.1) is 0 Å². The second-order valence-electron chi connectivity index (χ2n) is 8.75. The van der Waals surface area contributed by atoms with Crippen molar-refractivity contribution < 1.29 is 13.6 Å². The van der Waals surface area contributed by atoms with Crippen LogP contribution in [0.2, 0.25) is 15.1 Å². The summed E-state index contributed by atoms with van der Waals surface area (Å²) < 4.78 is 27.1. The third-order valence-electron chi connectivity index (χ3n) is 6.73. The van der Waals surface area contributed by atoms with Crippen molar-refractivity contribution in [2.75, 3.05) is 6.54 Å². The van der Waals surface area contributed by atoms with Crippen molar-refractivity contribution in [3.63, 3.8) is 0 Å². The molecule has 2 nitrogen and oxygen atoms in total. The average molecular weight is 519 g/mol. The maximum Gasteiger partial charge on any atom is 0.250 e. The van der Waals surface area contributed by atoms with E-state index in [2.05, 4.69) is 0 Å². The minimum absolute atomic E-state index is 0.0562. The van der Waals surface area contributed by atoms with Crippen LogP contribution in [0.5, 0.6) is 0 Å². The highest BCUT2D eigenvalue weighted by Gasteiger charge is 2.42. The van der Waals surface area contributed by atoms with Gasteiger partial charge < -0.3 is 4.90 Å². The lowest BCUT2D eigenvalue weighted by Gasteiger charge is -2.34. The van der Waals surface area contributed by atoms with Gasteiger partial charge in [0.1, 0.15) is 0 Å². The quantitative estimate of drug-likeness (QED) is 0.343. The molecule has 1 aliphatic carbocycles. The molecule has 0 saturated carbocycles. The molecular formula is C27H20Cl3F2NO. The van der Waals surface area contributed by atoms with Gasteiger partial charge in [0.2, 0.25) is 5.91 Å². The number of hydrogen-bond donors (Lipinski definition) is 0. The molecule has 0 bridgehead atoms. The molecule has 5 rings (SSSR count). The number of carbonyl (C=O) groups is 1. The Balaban J connectivity index is 1.52. The number of amides is 1. The Hall–Kier alpha value is -2.40. The van der Waals surface area contributed by atoms with Gasteiger partial charge in [-0.05, 0) is 77.4 Å². The molecule has 0 radical (unpaired) electrons. The predicted octanol–water partition coefficient (Wildman–Crippen LogP) is 7.93. The molecule has 3 aromatic rings. The zero-order valence-corrected chi connectivity index (χ0v) is 20.3. The standard InChI is InChI=1S/C27H20Cl3F2NO/c28-17-4-2-16(3-5-17)26-20(19-7-6-18(29)12-23(19)30)8-9-21-22(26)14-33(27(21)34)13-15-1-10-24(31)25(32)11-15/h1-7,10-12,20,26H,8-9,13-14H2. The van der Waals surface area contributed by atoms with Gasteiger partial charge in [0.25, 0.3) is 0 Å². The van der Waals surface area contributed by atoms with Crippen LogP contribution in [0.25, 0.3) is 0 Å². The summed E-state index contributed by atoms with van der Waals surface area (Å²) in [6.45, 7) is 0.630. The van der Waals surface area contributed by atoms with Crippen LogP contribution < -0.4 is 0 Å². The van der Waals surface area contributed by atoms with Crippen molar-refractivity contribution in [1.82, 2.24) is 4.90 Å². The molecule has 0 fully saturated rings. The highest BCUT2D eigenvalue weighted by atomic mass is 35.5. The Kier molecular flexibility index (Phi) is 6.41. The Bertz CT molecular complexity index is 1310. The van der Waals surface area contributed by atoms with Crippen LogP contribution in [0.15, 0.2) is 71.8 Å². The van der Waals surface area contributed by atoms with Crippen molar-refractivity contribution in [1.29, 1.82) is 0 Å². The molecule has 1 heterocycles. The van der Waals surface area contributed by atoms with Crippen LogP contribution in [0, 0.1) is 11.6 Å². The first-order chi connectivity index (χ1) is 16.3. The number of carbonyl (C=O) groups excluding carboxylic acids is 1. The predicted molar refractivity (Wildman–Crippen MR) is 131 cm³/mol. The molecule has 1 amide bonds. The van der Waals surface area contributed by atoms with Crippen molar-refractivity contribution in [2.45, 2.75) is 31.2 Å². The monoisotopic (exact) mass is 517 g/mol. The third kappa shape index (κ3) is 4.35. The molecular weight excluding hydrogens is 499 g/mol. The summed E-state index contributed by atoms with van der Waals surface area (Å²) in [5, 5.41) is 1.81. The van der Waals surface area contributed by atoms with Crippen LogP contribution in [0.1, 0.15) is 41.4 Å². The van der Waals surface area contributed by atoms with E-state index >= 15 is 0 Å². The zero-order chi connectivity index (χ0) is 24.0. The van der Waals surface area contributed by atoms with Gasteiger partial charge in [-0.2, -0.15) is 0 Å². The third-order valence-corrected chi connectivity index (χ3v) is 7.54. The van der Waals surface area contributed by atoms with Crippen molar-refractivity contribution >= 4 is 40.7 Å². The maximum absolute atomic E-state index is 13.7. The second-order valence-corrected chi connectivity index (χ2v) is 10.0. The van der Waals surface area contributed by atoms with E-state index in [9.17, 15) is 13.6 Å². The van der Waals surface area contributed by atoms with E-state index in [4.69, 9.17) is 34.8 Å². The minimum Gasteiger partial charge on any atom is -0.331 e. The van der Waals surface area contributed by atoms with Gasteiger partial charge in [-0.1, -0.05) is 59.1 Å². The molecule has 2 unspecified atom stereocenters. The van der Waals surface area contributed by atoms with Gasteiger partial charge in [0, 0.05) is 39.6 Å². The molecule has 0 aromatic heterocycles. The van der Waals surface area contributed by atoms with Crippen molar-refractivity contribution in [3.8, 4) is 0 Å². The molecule has 0 N–H and O–H groups in total. The number of benzene rings is 3. The summed E-state index contributed by atoms with van der Waals surface area (Å²) in [5.41, 5.74) is 4.42. The van der Waals surface area contributed by atoms with Crippen LogP contribution in [-0.4, -0.2) is 17.4 Å². The van der Waals surface area contributed by atoms with Gasteiger partial charge >= 0.3 is 0 Å². The summed E-state index contributed by atoms with van der Waals surface area (Å²) in [5.74, 6) is -1.89. The molecule has 2 aliphatic rings. The SMILES string of the molecule is O=C1C2=C(CN1Cc1ccc(F)c(F)c1)C(c1ccc(Cl)cc1)C(c1ccc(Cl)cc1Cl)CC2. The van der Waals surface area contributed by atoms with Crippen LogP contribution in [0.3, 0.4) is 0 Å². The first-order valence-corrected chi connectivity index (χ1v) is 12.1. The number of nitrogens with zero attached hydrogens (tertiary/aromatic N) is 1. The number of rotatable bonds is 4. The largest absolute Gasteiger partial charge is 0.331 e. The topological polar surface area (TPSA) is 20.3 Å². The Morgan fingerprint density at radius 1 is 0.882 bits per heavy atom. The fourth-order valence-corrected chi connectivity index (χ4v) is 5.87. The van der Waals surface area contributed by atoms with Crippen LogP contribution >= 0.6 is 34.8 Å². The van der Waals surface area contributed by atoms with E-state index in [0.29, 0.717) is 33.6 Å². The summed E-state index contributed by atoms with van der Waals surface area (Å²) >= 11 is 18.9. The van der Waals surface area contributed by atoms with E-state index in [1.165, 1.54) is 6.07 Å². The minimum atomic E-state index is -0.918. The Labute approximate surface area is 211 Å². The fraction of sp³-hybridized carbons (Fsp3) is 0.222. The maximum atomic E-state index is 13.7. The fourth-order valence-electron chi connectivity index (χ4n) is 5.19. The lowest BCUT2D eigenvalue weighted by molar-refractivity contribution is -0.126. The molecule has 7 heteroatoms. The molecule has 174 valence electrons. The summed E-state index contributed by atoms with van der Waals surface area (Å²) in [6.07, 6.45) is 1.37. The first kappa shape index (κ1) is 23.3. The molecule has 34 heavy (non-hydrogen) atoms. The van der Waals surface area contributed by atoms with E-state index in [0.717, 1.165) is 40.8 Å². The van der Waals surface area contributed by atoms with E-state index in [1.807, 2.05) is 36.4 Å². The zero-order valence-electron chi connectivity index (χ0n) is 18.0. The lowest BCUT2D eigenvalue weighted by atomic mass is 9.70. The van der Waals surface area contributed by atoms with Gasteiger partial charge in [0.15, 0.2) is 11.6 Å². The molecule has 0 saturated heterocycles. The highest BCUT2D eigenvalue weighted by Crippen LogP contribution is 2.51. The normalized spacial score (nSPS) is 20.1. The van der Waals surface area contributed by atoms with E-state index in [-0.39, 0.29) is 24.3 Å². The van der Waals surface area contributed by atoms with Crippen LogP contribution in [-0.2, 0) is 11.3 Å². The van der Waals surface area contributed by atoms with Crippen molar-refractivity contribution in [3.05, 3.63) is 115 Å². The molecule has 0 spiro atoms. The lowest BCUT2D eigenvalue weighted by Crippen LogP contribution is -2.27. The molecule has 2 atom stereocenters. The Morgan fingerprint density at radius 3 is 2.32 bits per heavy atom. The summed E-state index contributed by atoms with van der Waals surface area (Å²) in [7, 11) is 0.